The molecule has 2 nitrogen and oxygen atoms in total. The smallest absolute Gasteiger partial charge is 0.0678 e. The SMILES string of the molecule is CC1CN(CCCCc2ccccc2C(C)(C)C)CC(C)O1. The molecule has 2 unspecified atom stereocenters. The van der Waals surface area contributed by atoms with Gasteiger partial charge in [0.2, 0.25) is 0 Å². The molecule has 1 aliphatic heterocycles. The van der Waals surface area contributed by atoms with E-state index in [9.17, 15) is 0 Å². The quantitative estimate of drug-likeness (QED) is 0.747. The van der Waals surface area contributed by atoms with Gasteiger partial charge in [-0.05, 0) is 56.2 Å². The Morgan fingerprint density at radius 3 is 2.32 bits per heavy atom. The number of ether oxygens (including phenoxy) is 1. The van der Waals surface area contributed by atoms with Crippen LogP contribution in [0.4, 0.5) is 0 Å². The number of benzene rings is 1. The van der Waals surface area contributed by atoms with Crippen LogP contribution in [0.2, 0.25) is 0 Å². The monoisotopic (exact) mass is 303 g/mol. The summed E-state index contributed by atoms with van der Waals surface area (Å²) in [6.07, 6.45) is 4.50. The minimum Gasteiger partial charge on any atom is -0.373 e. The molecule has 0 radical (unpaired) electrons. The Balaban J connectivity index is 1.80. The average Bonchev–Trinajstić information content (AvgIpc) is 2.42. The molecule has 1 heterocycles. The van der Waals surface area contributed by atoms with E-state index < -0.39 is 0 Å². The van der Waals surface area contributed by atoms with Crippen molar-refractivity contribution in [3.05, 3.63) is 35.4 Å². The summed E-state index contributed by atoms with van der Waals surface area (Å²) < 4.78 is 5.80. The van der Waals surface area contributed by atoms with Gasteiger partial charge in [-0.25, -0.2) is 0 Å². The van der Waals surface area contributed by atoms with Gasteiger partial charge in [0.25, 0.3) is 0 Å². The van der Waals surface area contributed by atoms with Crippen molar-refractivity contribution >= 4 is 0 Å². The maximum atomic E-state index is 5.80. The molecule has 2 atom stereocenters. The molecule has 0 bridgehead atoms. The van der Waals surface area contributed by atoms with E-state index in [-0.39, 0.29) is 5.41 Å². The summed E-state index contributed by atoms with van der Waals surface area (Å²) in [6, 6.07) is 8.94. The van der Waals surface area contributed by atoms with E-state index >= 15 is 0 Å². The minimum atomic E-state index is 0.242. The predicted molar refractivity (Wildman–Crippen MR) is 94.5 cm³/mol. The highest BCUT2D eigenvalue weighted by Crippen LogP contribution is 2.26. The van der Waals surface area contributed by atoms with E-state index in [0.29, 0.717) is 12.2 Å². The highest BCUT2D eigenvalue weighted by Gasteiger charge is 2.21. The van der Waals surface area contributed by atoms with Crippen molar-refractivity contribution in [2.45, 2.75) is 71.5 Å². The van der Waals surface area contributed by atoms with Crippen molar-refractivity contribution < 1.29 is 4.74 Å². The average molecular weight is 303 g/mol. The molecule has 22 heavy (non-hydrogen) atoms. The molecule has 0 amide bonds. The molecule has 0 N–H and O–H groups in total. The van der Waals surface area contributed by atoms with E-state index in [1.165, 1.54) is 36.9 Å². The molecular formula is C20H33NO. The number of aryl methyl sites for hydroxylation is 1. The molecule has 0 saturated carbocycles. The zero-order chi connectivity index (χ0) is 16.2. The number of unbranched alkanes of at least 4 members (excludes halogenated alkanes) is 1. The molecule has 1 aromatic rings. The standard InChI is InChI=1S/C20H33NO/c1-16-14-21(15-17(2)22-16)13-9-8-11-18-10-6-7-12-19(18)20(3,4)5/h6-7,10,12,16-17H,8-9,11,13-15H2,1-5H3. The lowest BCUT2D eigenvalue weighted by Crippen LogP contribution is -2.45. The van der Waals surface area contributed by atoms with Gasteiger partial charge in [0, 0.05) is 13.1 Å². The largest absolute Gasteiger partial charge is 0.373 e. The highest BCUT2D eigenvalue weighted by atomic mass is 16.5. The van der Waals surface area contributed by atoms with Gasteiger partial charge in [0.1, 0.15) is 0 Å². The van der Waals surface area contributed by atoms with Crippen molar-refractivity contribution in [1.29, 1.82) is 0 Å². The van der Waals surface area contributed by atoms with Crippen molar-refractivity contribution in [3.8, 4) is 0 Å². The van der Waals surface area contributed by atoms with Gasteiger partial charge in [-0.3, -0.25) is 4.90 Å². The van der Waals surface area contributed by atoms with Crippen LogP contribution >= 0.6 is 0 Å². The third-order valence-electron chi connectivity index (χ3n) is 4.49. The summed E-state index contributed by atoms with van der Waals surface area (Å²) in [4.78, 5) is 2.56. The van der Waals surface area contributed by atoms with Crippen LogP contribution in [0.15, 0.2) is 24.3 Å². The first-order valence-electron chi connectivity index (χ1n) is 8.82. The number of rotatable bonds is 5. The second kappa shape index (κ2) is 7.61. The molecular weight excluding hydrogens is 270 g/mol. The third-order valence-corrected chi connectivity index (χ3v) is 4.49. The molecule has 1 aromatic carbocycles. The molecule has 1 aliphatic rings. The first-order chi connectivity index (χ1) is 10.4. The lowest BCUT2D eigenvalue weighted by molar-refractivity contribution is -0.0681. The van der Waals surface area contributed by atoms with Crippen molar-refractivity contribution in [3.63, 3.8) is 0 Å². The molecule has 0 spiro atoms. The van der Waals surface area contributed by atoms with E-state index in [4.69, 9.17) is 4.74 Å². The van der Waals surface area contributed by atoms with Crippen LogP contribution in [0.3, 0.4) is 0 Å². The molecule has 2 heteroatoms. The van der Waals surface area contributed by atoms with Crippen LogP contribution in [0.5, 0.6) is 0 Å². The van der Waals surface area contributed by atoms with Crippen molar-refractivity contribution in [2.24, 2.45) is 0 Å². The normalized spacial score (nSPS) is 23.7. The number of hydrogen-bond acceptors (Lipinski definition) is 2. The summed E-state index contributed by atoms with van der Waals surface area (Å²) in [5.41, 5.74) is 3.27. The number of morpholine rings is 1. The number of nitrogens with zero attached hydrogens (tertiary/aromatic N) is 1. The van der Waals surface area contributed by atoms with Gasteiger partial charge in [-0.1, -0.05) is 45.0 Å². The fraction of sp³-hybridized carbons (Fsp3) is 0.700. The Labute approximate surface area is 136 Å². The first-order valence-corrected chi connectivity index (χ1v) is 8.82. The Kier molecular flexibility index (Phi) is 6.05. The van der Waals surface area contributed by atoms with Crippen LogP contribution in [0, 0.1) is 0 Å². The summed E-state index contributed by atoms with van der Waals surface area (Å²) in [7, 11) is 0. The fourth-order valence-electron chi connectivity index (χ4n) is 3.59. The summed E-state index contributed by atoms with van der Waals surface area (Å²) in [5, 5.41) is 0. The Morgan fingerprint density at radius 2 is 1.68 bits per heavy atom. The van der Waals surface area contributed by atoms with E-state index in [2.05, 4.69) is 63.8 Å². The van der Waals surface area contributed by atoms with Gasteiger partial charge < -0.3 is 4.74 Å². The molecule has 1 fully saturated rings. The molecule has 0 aromatic heterocycles. The van der Waals surface area contributed by atoms with Gasteiger partial charge in [-0.15, -0.1) is 0 Å². The Morgan fingerprint density at radius 1 is 1.05 bits per heavy atom. The van der Waals surface area contributed by atoms with Gasteiger partial charge in [0.15, 0.2) is 0 Å². The second-order valence-electron chi connectivity index (χ2n) is 7.88. The van der Waals surface area contributed by atoms with Crippen LogP contribution in [0.25, 0.3) is 0 Å². The predicted octanol–water partition coefficient (Wildman–Crippen LogP) is 4.42. The van der Waals surface area contributed by atoms with Gasteiger partial charge in [-0.2, -0.15) is 0 Å². The zero-order valence-electron chi connectivity index (χ0n) is 15.1. The van der Waals surface area contributed by atoms with Crippen LogP contribution < -0.4 is 0 Å². The van der Waals surface area contributed by atoms with Crippen molar-refractivity contribution in [1.82, 2.24) is 4.90 Å². The third kappa shape index (κ3) is 5.10. The zero-order valence-corrected chi connectivity index (χ0v) is 15.1. The molecule has 1 saturated heterocycles. The maximum absolute atomic E-state index is 5.80. The Bertz CT molecular complexity index is 453. The highest BCUT2D eigenvalue weighted by molar-refractivity contribution is 5.32. The molecule has 124 valence electrons. The topological polar surface area (TPSA) is 12.5 Å². The van der Waals surface area contributed by atoms with Gasteiger partial charge in [0.05, 0.1) is 12.2 Å². The van der Waals surface area contributed by atoms with Gasteiger partial charge >= 0.3 is 0 Å². The fourth-order valence-corrected chi connectivity index (χ4v) is 3.59. The molecule has 0 aliphatic carbocycles. The summed E-state index contributed by atoms with van der Waals surface area (Å²) >= 11 is 0. The minimum absolute atomic E-state index is 0.242. The van der Waals surface area contributed by atoms with Crippen molar-refractivity contribution in [2.75, 3.05) is 19.6 Å². The Hall–Kier alpha value is -0.860. The van der Waals surface area contributed by atoms with E-state index in [1.54, 1.807) is 0 Å². The number of hydrogen-bond donors (Lipinski definition) is 0. The summed E-state index contributed by atoms with van der Waals surface area (Å²) in [6.45, 7) is 14.7. The maximum Gasteiger partial charge on any atom is 0.0678 e. The molecule has 2 rings (SSSR count). The lowest BCUT2D eigenvalue weighted by Gasteiger charge is -2.35. The van der Waals surface area contributed by atoms with Crippen LogP contribution in [0.1, 0.15) is 58.6 Å². The lowest BCUT2D eigenvalue weighted by atomic mass is 9.82. The van der Waals surface area contributed by atoms with Crippen LogP contribution in [-0.4, -0.2) is 36.7 Å². The first kappa shape index (κ1) is 17.5. The van der Waals surface area contributed by atoms with Crippen LogP contribution in [-0.2, 0) is 16.6 Å². The summed E-state index contributed by atoms with van der Waals surface area (Å²) in [5.74, 6) is 0. The van der Waals surface area contributed by atoms with E-state index in [0.717, 1.165) is 13.1 Å². The van der Waals surface area contributed by atoms with E-state index in [1.807, 2.05) is 0 Å². The second-order valence-corrected chi connectivity index (χ2v) is 7.88.